The molecule has 0 bridgehead atoms. The summed E-state index contributed by atoms with van der Waals surface area (Å²) in [7, 11) is 4.48. The van der Waals surface area contributed by atoms with Crippen LogP contribution in [0.4, 0.5) is 0 Å². The van der Waals surface area contributed by atoms with Crippen LogP contribution in [0.3, 0.4) is 0 Å². The van der Waals surface area contributed by atoms with Crippen molar-refractivity contribution in [2.75, 3.05) is 27.7 Å². The van der Waals surface area contributed by atoms with Crippen molar-refractivity contribution in [2.24, 2.45) is 29.6 Å². The number of aliphatic hydroxyl groups excluding tert-OH is 1. The predicted octanol–water partition coefficient (Wildman–Crippen LogP) is 5.31. The summed E-state index contributed by atoms with van der Waals surface area (Å²) < 4.78 is 17.3. The number of likely N-dealkylation sites (N-methyl/N-ethyl adjacent to an activating group) is 2. The second-order valence-corrected chi connectivity index (χ2v) is 22.3. The first kappa shape index (κ1) is 64.7. The second kappa shape index (κ2) is 31.0. The first-order valence-electron chi connectivity index (χ1n) is 27.8. The summed E-state index contributed by atoms with van der Waals surface area (Å²) >= 11 is 0. The van der Waals surface area contributed by atoms with Crippen LogP contribution in [0.5, 0.6) is 5.75 Å². The minimum absolute atomic E-state index is 0.0781. The molecule has 428 valence electrons. The maximum Gasteiger partial charge on any atom is 0.329 e. The number of ether oxygens (including phenoxy) is 3. The Morgan fingerprint density at radius 3 is 2.09 bits per heavy atom. The van der Waals surface area contributed by atoms with E-state index in [0.29, 0.717) is 30.6 Å². The Labute approximate surface area is 452 Å². The number of methoxy groups -OCH3 is 1. The Morgan fingerprint density at radius 1 is 0.868 bits per heavy atom. The summed E-state index contributed by atoms with van der Waals surface area (Å²) in [6.07, 6.45) is 0.939. The number of benzene rings is 1. The number of aliphatic hydroxyl groups is 1. The van der Waals surface area contributed by atoms with Gasteiger partial charge >= 0.3 is 11.9 Å². The van der Waals surface area contributed by atoms with Crippen molar-refractivity contribution in [2.45, 2.75) is 214 Å². The van der Waals surface area contributed by atoms with E-state index in [1.165, 1.54) is 42.7 Å². The van der Waals surface area contributed by atoms with Crippen molar-refractivity contribution in [3.8, 4) is 5.75 Å². The molecule has 0 unspecified atom stereocenters. The summed E-state index contributed by atoms with van der Waals surface area (Å²) in [5.41, 5.74) is 0.607. The molecule has 11 atom stereocenters. The zero-order valence-corrected chi connectivity index (χ0v) is 48.0. The van der Waals surface area contributed by atoms with Gasteiger partial charge in [-0.3, -0.25) is 38.4 Å². The second-order valence-electron chi connectivity index (χ2n) is 22.3. The number of nitrogens with one attached hydrogen (secondary N) is 3. The van der Waals surface area contributed by atoms with Crippen molar-refractivity contribution >= 4 is 53.2 Å². The average molecular weight is 1070 g/mol. The van der Waals surface area contributed by atoms with E-state index in [1.54, 1.807) is 52.1 Å². The standard InChI is InChI=1S/C57H92N6O13/c1-15-17-18-19-20-23-46(65)61(12)43(30-34(5)6)53(69)60-49-38(11)75-57(73)44(31-39-24-26-40(74-14)27-25-39)62(13)56(72)42-22-21-28-63(42)55(71)41(29-33(3)4)58-52(68)37(10)50(67)51(35(7)8)76-47(66)32-45(64)48(36(9)16-2)59-54(49)70/h24-27,33-38,41-45,48-49,51,64H,15-23,28-32H2,1-14H3,(H,58,68)(H,59,70)(H,60,69)/t36-,37-,38+,41-,42-,43+,44-,45-,48-,49-,51-/m0/s1. The van der Waals surface area contributed by atoms with Crippen LogP contribution in [-0.4, -0.2) is 155 Å². The van der Waals surface area contributed by atoms with E-state index in [9.17, 15) is 48.3 Å². The highest BCUT2D eigenvalue weighted by molar-refractivity contribution is 6.05. The molecule has 19 nitrogen and oxygen atoms in total. The van der Waals surface area contributed by atoms with E-state index in [1.807, 2.05) is 34.6 Å². The zero-order valence-electron chi connectivity index (χ0n) is 48.0. The van der Waals surface area contributed by atoms with E-state index in [2.05, 4.69) is 22.9 Å². The van der Waals surface area contributed by atoms with Gasteiger partial charge in [-0.05, 0) is 87.3 Å². The lowest BCUT2D eigenvalue weighted by Crippen LogP contribution is -2.61. The third-order valence-electron chi connectivity index (χ3n) is 14.8. The van der Waals surface area contributed by atoms with Crippen molar-refractivity contribution in [3.05, 3.63) is 29.8 Å². The molecule has 3 rings (SSSR count). The molecule has 0 spiro atoms. The maximum atomic E-state index is 14.9. The van der Waals surface area contributed by atoms with Crippen LogP contribution >= 0.6 is 0 Å². The molecule has 2 aliphatic heterocycles. The maximum absolute atomic E-state index is 14.9. The molecule has 19 heteroatoms. The first-order valence-corrected chi connectivity index (χ1v) is 27.8. The quantitative estimate of drug-likeness (QED) is 0.0781. The predicted molar refractivity (Wildman–Crippen MR) is 287 cm³/mol. The van der Waals surface area contributed by atoms with Crippen LogP contribution < -0.4 is 20.7 Å². The SMILES string of the molecule is CCCCCCCC(=O)N(C)[C@H](CC(C)C)C(=O)N[C@@H]1C(=O)N[C@@H]([C@@H](C)CC)[C@@H](O)CC(=O)O[C@@H](C(C)C)C(=O)[C@H](C)C(=O)N[C@@H](CC(C)C)C(=O)N2CCC[C@H]2C(=O)N(C)[C@@H](Cc2ccc(OC)cc2)C(=O)O[C@@H]1C. The summed E-state index contributed by atoms with van der Waals surface area (Å²) in [6.45, 7) is 19.4. The number of carbonyl (C=O) groups is 9. The van der Waals surface area contributed by atoms with Gasteiger partial charge < -0.3 is 50.0 Å². The summed E-state index contributed by atoms with van der Waals surface area (Å²) in [5, 5.41) is 20.2. The molecule has 2 fully saturated rings. The van der Waals surface area contributed by atoms with Crippen molar-refractivity contribution in [1.82, 2.24) is 30.7 Å². The topological polar surface area (TPSA) is 247 Å². The number of amides is 6. The van der Waals surface area contributed by atoms with Gasteiger partial charge in [-0.2, -0.15) is 0 Å². The number of hydrogen-bond donors (Lipinski definition) is 4. The van der Waals surface area contributed by atoms with Crippen LogP contribution in [0.1, 0.15) is 159 Å². The monoisotopic (exact) mass is 1070 g/mol. The Balaban J connectivity index is 2.25. The van der Waals surface area contributed by atoms with Crippen LogP contribution in [-0.2, 0) is 59.0 Å². The number of rotatable bonds is 19. The molecule has 1 aromatic rings. The normalized spacial score (nSPS) is 25.9. The molecular weight excluding hydrogens is 977 g/mol. The number of esters is 2. The molecule has 0 aliphatic carbocycles. The molecule has 4 N–H and O–H groups in total. The lowest BCUT2D eigenvalue weighted by atomic mass is 9.91. The molecule has 2 heterocycles. The molecule has 0 saturated carbocycles. The number of carbonyl (C=O) groups excluding carboxylic acids is 9. The molecule has 6 amide bonds. The number of hydrogen-bond acceptors (Lipinski definition) is 13. The number of fused-ring (bicyclic) bond motifs is 1. The summed E-state index contributed by atoms with van der Waals surface area (Å²) in [5.74, 6) is -8.59. The van der Waals surface area contributed by atoms with Crippen LogP contribution in [0.2, 0.25) is 0 Å². The zero-order chi connectivity index (χ0) is 57.1. The van der Waals surface area contributed by atoms with E-state index >= 15 is 0 Å². The van der Waals surface area contributed by atoms with Gasteiger partial charge in [0, 0.05) is 33.5 Å². The fourth-order valence-corrected chi connectivity index (χ4v) is 9.83. The van der Waals surface area contributed by atoms with Gasteiger partial charge in [0.15, 0.2) is 11.9 Å². The van der Waals surface area contributed by atoms with Crippen molar-refractivity contribution < 1.29 is 62.5 Å². The molecule has 0 radical (unpaired) electrons. The molecule has 2 aliphatic rings. The Morgan fingerprint density at radius 2 is 1.51 bits per heavy atom. The van der Waals surface area contributed by atoms with Gasteiger partial charge in [-0.25, -0.2) is 4.79 Å². The molecule has 1 aromatic carbocycles. The fraction of sp³-hybridized carbons (Fsp3) is 0.737. The molecule has 2 saturated heterocycles. The van der Waals surface area contributed by atoms with Gasteiger partial charge in [-0.15, -0.1) is 0 Å². The minimum atomic E-state index is -1.66. The number of cyclic esters (lactones) is 2. The van der Waals surface area contributed by atoms with Gasteiger partial charge in [0.2, 0.25) is 35.4 Å². The highest BCUT2D eigenvalue weighted by Gasteiger charge is 2.45. The highest BCUT2D eigenvalue weighted by Crippen LogP contribution is 2.26. The molecule has 0 aromatic heterocycles. The van der Waals surface area contributed by atoms with Crippen molar-refractivity contribution in [1.29, 1.82) is 0 Å². The highest BCUT2D eigenvalue weighted by atomic mass is 16.6. The van der Waals surface area contributed by atoms with Crippen LogP contribution in [0.25, 0.3) is 0 Å². The van der Waals surface area contributed by atoms with Gasteiger partial charge in [0.05, 0.1) is 31.6 Å². The first-order chi connectivity index (χ1) is 35.8. The number of unbranched alkanes of at least 4 members (excludes halogenated alkanes) is 4. The van der Waals surface area contributed by atoms with Crippen LogP contribution in [0.15, 0.2) is 24.3 Å². The van der Waals surface area contributed by atoms with E-state index < -0.39 is 126 Å². The molecule has 76 heavy (non-hydrogen) atoms. The fourth-order valence-electron chi connectivity index (χ4n) is 9.83. The third-order valence-corrected chi connectivity index (χ3v) is 14.8. The molecular formula is C57H92N6O13. The number of nitrogens with zero attached hydrogens (tertiary/aromatic N) is 3. The van der Waals surface area contributed by atoms with Gasteiger partial charge in [0.25, 0.3) is 0 Å². The smallest absolute Gasteiger partial charge is 0.329 e. The number of Topliss-reactive ketones (excluding diaryl/α,β-unsaturated/α-hetero) is 1. The number of ketones is 1. The van der Waals surface area contributed by atoms with Gasteiger partial charge in [0.1, 0.15) is 42.1 Å². The van der Waals surface area contributed by atoms with Crippen molar-refractivity contribution in [3.63, 3.8) is 0 Å². The Hall–Kier alpha value is -5.59. The van der Waals surface area contributed by atoms with E-state index in [0.717, 1.165) is 25.7 Å². The minimum Gasteiger partial charge on any atom is -0.497 e. The third kappa shape index (κ3) is 18.6. The summed E-state index contributed by atoms with van der Waals surface area (Å²) in [4.78, 5) is 133. The van der Waals surface area contributed by atoms with Gasteiger partial charge in [-0.1, -0.05) is 107 Å². The summed E-state index contributed by atoms with van der Waals surface area (Å²) in [6, 6.07) is -0.594. The van der Waals surface area contributed by atoms with E-state index in [-0.39, 0.29) is 56.4 Å². The Kier molecular flexibility index (Phi) is 26.4. The lowest BCUT2D eigenvalue weighted by molar-refractivity contribution is -0.163. The van der Waals surface area contributed by atoms with Crippen LogP contribution in [0, 0.1) is 29.6 Å². The average Bonchev–Trinajstić information content (AvgIpc) is 3.87. The van der Waals surface area contributed by atoms with E-state index in [4.69, 9.17) is 14.2 Å². The Bertz CT molecular complexity index is 2120. The lowest BCUT2D eigenvalue weighted by Gasteiger charge is -2.36. The largest absolute Gasteiger partial charge is 0.497 e.